The fraction of sp³-hybridized carbons (Fsp3) is 0.583. The van der Waals surface area contributed by atoms with Crippen LogP contribution in [0.5, 0.6) is 5.75 Å². The second-order valence-corrected chi connectivity index (χ2v) is 12.0. The number of hydrogen-bond acceptors (Lipinski definition) is 7. The molecule has 8 nitrogen and oxygen atoms in total. The lowest BCUT2D eigenvalue weighted by Crippen LogP contribution is -2.38. The lowest BCUT2D eigenvalue weighted by Gasteiger charge is -2.28. The largest absolute Gasteiger partial charge is 0.495 e. The number of aliphatic hydroxyl groups is 1. The minimum atomic E-state index is -3.82. The van der Waals surface area contributed by atoms with Crippen molar-refractivity contribution >= 4 is 32.4 Å². The first-order chi connectivity index (χ1) is 16.3. The van der Waals surface area contributed by atoms with Crippen molar-refractivity contribution in [1.29, 1.82) is 0 Å². The van der Waals surface area contributed by atoms with Gasteiger partial charge in [0.25, 0.3) is 0 Å². The first-order valence-corrected chi connectivity index (χ1v) is 14.2. The number of amides is 1. The van der Waals surface area contributed by atoms with Gasteiger partial charge in [0.05, 0.1) is 17.7 Å². The molecule has 4 rings (SSSR count). The lowest BCUT2D eigenvalue weighted by atomic mass is 9.87. The molecule has 2 fully saturated rings. The van der Waals surface area contributed by atoms with Gasteiger partial charge in [-0.3, -0.25) is 4.79 Å². The molecule has 10 heteroatoms. The van der Waals surface area contributed by atoms with Crippen molar-refractivity contribution in [2.75, 3.05) is 19.0 Å². The van der Waals surface area contributed by atoms with Gasteiger partial charge in [0, 0.05) is 18.6 Å². The van der Waals surface area contributed by atoms with E-state index < -0.39 is 10.0 Å². The Kier molecular flexibility index (Phi) is 7.91. The van der Waals surface area contributed by atoms with E-state index in [9.17, 15) is 18.3 Å². The smallest absolute Gasteiger partial charge is 0.244 e. The monoisotopic (exact) mass is 507 g/mol. The van der Waals surface area contributed by atoms with Crippen molar-refractivity contribution in [3.63, 3.8) is 0 Å². The number of ether oxygens (including phenoxy) is 1. The number of aryl methyl sites for hydroxylation is 1. The average Bonchev–Trinajstić information content (AvgIpc) is 3.49. The molecule has 0 aliphatic heterocycles. The van der Waals surface area contributed by atoms with Crippen LogP contribution in [0.3, 0.4) is 0 Å². The van der Waals surface area contributed by atoms with Crippen molar-refractivity contribution in [3.8, 4) is 16.2 Å². The first-order valence-electron chi connectivity index (χ1n) is 11.9. The van der Waals surface area contributed by atoms with Gasteiger partial charge >= 0.3 is 0 Å². The Morgan fingerprint density at radius 2 is 1.88 bits per heavy atom. The second kappa shape index (κ2) is 10.7. The molecule has 2 saturated carbocycles. The number of carbonyl (C=O) groups excluding carboxylic acids is 1. The normalized spacial score (nSPS) is 21.5. The summed E-state index contributed by atoms with van der Waals surface area (Å²) < 4.78 is 34.8. The van der Waals surface area contributed by atoms with E-state index in [0.717, 1.165) is 49.1 Å². The fourth-order valence-electron chi connectivity index (χ4n) is 4.89. The van der Waals surface area contributed by atoms with Gasteiger partial charge in [-0.15, -0.1) is 0 Å². The van der Waals surface area contributed by atoms with Crippen molar-refractivity contribution in [3.05, 3.63) is 23.9 Å². The third-order valence-electron chi connectivity index (χ3n) is 6.89. The number of hydrogen-bond donors (Lipinski definition) is 3. The zero-order valence-corrected chi connectivity index (χ0v) is 21.3. The number of thiazole rings is 1. The molecule has 0 radical (unpaired) electrons. The third-order valence-corrected chi connectivity index (χ3v) is 9.56. The van der Waals surface area contributed by atoms with Crippen LogP contribution in [0.4, 0.5) is 5.13 Å². The first kappa shape index (κ1) is 25.1. The number of aromatic nitrogens is 1. The van der Waals surface area contributed by atoms with Gasteiger partial charge in [0.15, 0.2) is 5.13 Å². The number of rotatable bonds is 8. The molecule has 0 atom stereocenters. The summed E-state index contributed by atoms with van der Waals surface area (Å²) in [5, 5.41) is 12.8. The fourth-order valence-corrected chi connectivity index (χ4v) is 7.35. The minimum absolute atomic E-state index is 0.0101. The number of aliphatic hydroxyl groups excluding tert-OH is 1. The van der Waals surface area contributed by atoms with Crippen molar-refractivity contribution in [1.82, 2.24) is 9.71 Å². The van der Waals surface area contributed by atoms with E-state index in [1.807, 2.05) is 13.0 Å². The number of carbonyl (C=O) groups is 1. The van der Waals surface area contributed by atoms with Crippen LogP contribution in [0, 0.1) is 18.8 Å². The second-order valence-electron chi connectivity index (χ2n) is 9.29. The van der Waals surface area contributed by atoms with Gasteiger partial charge in [0.1, 0.15) is 10.6 Å². The number of sulfonamides is 1. The van der Waals surface area contributed by atoms with Gasteiger partial charge in [-0.25, -0.2) is 18.1 Å². The molecule has 1 heterocycles. The summed E-state index contributed by atoms with van der Waals surface area (Å²) >= 11 is 1.35. The molecule has 0 saturated heterocycles. The summed E-state index contributed by atoms with van der Waals surface area (Å²) in [7, 11) is -2.36. The highest BCUT2D eigenvalue weighted by molar-refractivity contribution is 7.89. The zero-order valence-electron chi connectivity index (χ0n) is 19.7. The lowest BCUT2D eigenvalue weighted by molar-refractivity contribution is -0.119. The zero-order chi connectivity index (χ0) is 24.3. The molecule has 34 heavy (non-hydrogen) atoms. The van der Waals surface area contributed by atoms with Gasteiger partial charge < -0.3 is 15.2 Å². The van der Waals surface area contributed by atoms with E-state index in [1.165, 1.54) is 18.4 Å². The molecule has 0 spiro atoms. The summed E-state index contributed by atoms with van der Waals surface area (Å²) in [6.07, 6.45) is 7.00. The highest BCUT2D eigenvalue weighted by Gasteiger charge is 2.28. The van der Waals surface area contributed by atoms with Gasteiger partial charge in [-0.1, -0.05) is 24.2 Å². The molecular formula is C24H33N3O5S2. The van der Waals surface area contributed by atoms with Crippen LogP contribution in [0.25, 0.3) is 10.4 Å². The van der Waals surface area contributed by atoms with Crippen LogP contribution in [0.15, 0.2) is 23.1 Å². The topological polar surface area (TPSA) is 118 Å². The molecule has 1 amide bonds. The summed E-state index contributed by atoms with van der Waals surface area (Å²) in [4.78, 5) is 17.9. The maximum Gasteiger partial charge on any atom is 0.244 e. The van der Waals surface area contributed by atoms with Gasteiger partial charge in [-0.05, 0) is 75.1 Å². The highest BCUT2D eigenvalue weighted by atomic mass is 32.2. The Balaban J connectivity index is 1.55. The van der Waals surface area contributed by atoms with Crippen LogP contribution in [-0.2, 0) is 14.8 Å². The van der Waals surface area contributed by atoms with E-state index in [1.54, 1.807) is 12.1 Å². The number of anilines is 1. The predicted molar refractivity (Wildman–Crippen MR) is 133 cm³/mol. The minimum Gasteiger partial charge on any atom is -0.495 e. The summed E-state index contributed by atoms with van der Waals surface area (Å²) in [6, 6.07) is 4.92. The molecule has 2 aliphatic carbocycles. The van der Waals surface area contributed by atoms with Crippen LogP contribution in [0.2, 0.25) is 0 Å². The SMILES string of the molecule is COc1ccc(-c2sc(NC(=O)C3CCCC3)nc2C)cc1S(=O)(=O)NC1CCC(CO)CC1. The summed E-state index contributed by atoms with van der Waals surface area (Å²) in [5.74, 6) is 0.577. The van der Waals surface area contributed by atoms with E-state index in [-0.39, 0.29) is 41.0 Å². The molecule has 2 aliphatic rings. The van der Waals surface area contributed by atoms with Crippen molar-refractivity contribution in [2.24, 2.45) is 11.8 Å². The molecule has 0 unspecified atom stereocenters. The maximum atomic E-state index is 13.3. The van der Waals surface area contributed by atoms with Gasteiger partial charge in [-0.2, -0.15) is 0 Å². The van der Waals surface area contributed by atoms with E-state index >= 15 is 0 Å². The van der Waals surface area contributed by atoms with Crippen molar-refractivity contribution < 1.29 is 23.1 Å². The Hall–Kier alpha value is -2.01. The molecule has 2 aromatic rings. The summed E-state index contributed by atoms with van der Waals surface area (Å²) in [5.41, 5.74) is 1.44. The molecular weight excluding hydrogens is 474 g/mol. The van der Waals surface area contributed by atoms with Crippen LogP contribution >= 0.6 is 11.3 Å². The highest BCUT2D eigenvalue weighted by Crippen LogP contribution is 2.37. The summed E-state index contributed by atoms with van der Waals surface area (Å²) in [6.45, 7) is 2.00. The Morgan fingerprint density at radius 3 is 2.53 bits per heavy atom. The molecule has 0 bridgehead atoms. The number of nitrogens with zero attached hydrogens (tertiary/aromatic N) is 1. The molecule has 3 N–H and O–H groups in total. The molecule has 1 aromatic heterocycles. The average molecular weight is 508 g/mol. The van der Waals surface area contributed by atoms with Crippen LogP contribution in [-0.4, -0.2) is 44.2 Å². The standard InChI is InChI=1S/C24H33N3O5S2/c1-15-22(33-24(25-15)26-23(29)17-5-3-4-6-17)18-9-12-20(32-2)21(13-18)34(30,31)27-19-10-7-16(14-28)8-11-19/h9,12-13,16-17,19,27-28H,3-8,10-11,14H2,1-2H3,(H,25,26,29). The quantitative estimate of drug-likeness (QED) is 0.495. The Bertz CT molecular complexity index is 1120. The van der Waals surface area contributed by atoms with Crippen LogP contribution in [0.1, 0.15) is 57.1 Å². The molecule has 186 valence electrons. The Labute approximate surface area is 205 Å². The Morgan fingerprint density at radius 1 is 1.18 bits per heavy atom. The van der Waals surface area contributed by atoms with Crippen molar-refractivity contribution in [2.45, 2.75) is 69.2 Å². The van der Waals surface area contributed by atoms with E-state index in [2.05, 4.69) is 15.0 Å². The van der Waals surface area contributed by atoms with E-state index in [4.69, 9.17) is 4.74 Å². The third kappa shape index (κ3) is 5.62. The number of nitrogens with one attached hydrogen (secondary N) is 2. The van der Waals surface area contributed by atoms with E-state index in [0.29, 0.717) is 23.5 Å². The number of benzene rings is 1. The predicted octanol–water partition coefficient (Wildman–Crippen LogP) is 4.09. The van der Waals surface area contributed by atoms with Crippen LogP contribution < -0.4 is 14.8 Å². The number of methoxy groups -OCH3 is 1. The van der Waals surface area contributed by atoms with Gasteiger partial charge in [0.2, 0.25) is 15.9 Å². The maximum absolute atomic E-state index is 13.3. The molecule has 1 aromatic carbocycles.